The molecule has 1 saturated carbocycles. The van der Waals surface area contributed by atoms with Crippen LogP contribution in [-0.2, 0) is 9.59 Å². The monoisotopic (exact) mass is 509 g/mol. The first kappa shape index (κ1) is 25.4. The van der Waals surface area contributed by atoms with Crippen LogP contribution in [0.5, 0.6) is 0 Å². The third-order valence-corrected chi connectivity index (χ3v) is 7.69. The summed E-state index contributed by atoms with van der Waals surface area (Å²) in [4.78, 5) is 57.0. The first-order valence-electron chi connectivity index (χ1n) is 13.0. The highest BCUT2D eigenvalue weighted by molar-refractivity contribution is 6.23. The molecule has 1 aliphatic carbocycles. The van der Waals surface area contributed by atoms with Crippen molar-refractivity contribution in [1.82, 2.24) is 4.90 Å². The van der Waals surface area contributed by atoms with Gasteiger partial charge in [0.15, 0.2) is 0 Å². The van der Waals surface area contributed by atoms with Crippen molar-refractivity contribution in [2.24, 2.45) is 0 Å². The summed E-state index contributed by atoms with van der Waals surface area (Å²) in [5.74, 6) is -1.72. The van der Waals surface area contributed by atoms with Gasteiger partial charge in [0.05, 0.1) is 11.1 Å². The van der Waals surface area contributed by atoms with Crippen molar-refractivity contribution in [2.75, 3.05) is 16.8 Å². The second kappa shape index (κ2) is 10.2. The van der Waals surface area contributed by atoms with Crippen LogP contribution in [0, 0.1) is 13.8 Å². The third kappa shape index (κ3) is 4.38. The number of hydrogen-bond donors (Lipinski definition) is 1. The number of nitrogens with zero attached hydrogens (tertiary/aromatic N) is 2. The van der Waals surface area contributed by atoms with Crippen LogP contribution in [0.3, 0.4) is 0 Å². The Labute approximate surface area is 222 Å². The van der Waals surface area contributed by atoms with Crippen LogP contribution in [0.15, 0.2) is 72.8 Å². The molecule has 0 bridgehead atoms. The van der Waals surface area contributed by atoms with Gasteiger partial charge in [-0.2, -0.15) is 0 Å². The van der Waals surface area contributed by atoms with Crippen molar-refractivity contribution in [3.8, 4) is 0 Å². The fraction of sp³-hybridized carbons (Fsp3) is 0.290. The van der Waals surface area contributed by atoms with Crippen LogP contribution in [0.1, 0.15) is 63.9 Å². The number of benzene rings is 3. The summed E-state index contributed by atoms with van der Waals surface area (Å²) in [6.45, 7) is 3.44. The van der Waals surface area contributed by atoms with Crippen LogP contribution >= 0.6 is 0 Å². The molecule has 38 heavy (non-hydrogen) atoms. The van der Waals surface area contributed by atoms with E-state index in [2.05, 4.69) is 5.32 Å². The van der Waals surface area contributed by atoms with Crippen molar-refractivity contribution in [2.45, 2.75) is 51.5 Å². The molecule has 3 aromatic rings. The lowest BCUT2D eigenvalue weighted by Gasteiger charge is -2.45. The van der Waals surface area contributed by atoms with E-state index in [-0.39, 0.29) is 17.0 Å². The summed E-state index contributed by atoms with van der Waals surface area (Å²) in [5.41, 5.74) is 2.59. The van der Waals surface area contributed by atoms with Crippen LogP contribution in [0.2, 0.25) is 0 Å². The lowest BCUT2D eigenvalue weighted by atomic mass is 9.78. The largest absolute Gasteiger partial charge is 0.324 e. The summed E-state index contributed by atoms with van der Waals surface area (Å²) in [5, 5.41) is 3.14. The van der Waals surface area contributed by atoms with Gasteiger partial charge in [0.25, 0.3) is 17.7 Å². The lowest BCUT2D eigenvalue weighted by Crippen LogP contribution is -2.62. The van der Waals surface area contributed by atoms with E-state index >= 15 is 0 Å². The van der Waals surface area contributed by atoms with Crippen LogP contribution in [-0.4, -0.2) is 40.6 Å². The molecule has 1 N–H and O–H groups in total. The van der Waals surface area contributed by atoms with Crippen molar-refractivity contribution >= 4 is 35.0 Å². The Morgan fingerprint density at radius 2 is 1.34 bits per heavy atom. The fourth-order valence-electron chi connectivity index (χ4n) is 5.73. The Balaban J connectivity index is 1.54. The highest BCUT2D eigenvalue weighted by Gasteiger charge is 2.49. The zero-order chi connectivity index (χ0) is 26.9. The Morgan fingerprint density at radius 1 is 0.789 bits per heavy atom. The molecule has 2 aliphatic rings. The molecule has 0 aromatic heterocycles. The zero-order valence-corrected chi connectivity index (χ0v) is 21.7. The summed E-state index contributed by atoms with van der Waals surface area (Å²) in [6, 6.07) is 21.5. The SMILES string of the molecule is Cc1cccc(C)c1NC(=O)C1(N(C(=O)CN2C(=O)c3ccccc3C2=O)c2ccccc2)CCCCC1. The van der Waals surface area contributed by atoms with E-state index in [0.29, 0.717) is 18.5 Å². The Hall–Kier alpha value is -4.26. The van der Waals surface area contributed by atoms with Gasteiger partial charge in [0, 0.05) is 11.4 Å². The molecular weight excluding hydrogens is 478 g/mol. The summed E-state index contributed by atoms with van der Waals surface area (Å²) in [7, 11) is 0. The van der Waals surface area contributed by atoms with E-state index in [1.807, 2.05) is 50.2 Å². The van der Waals surface area contributed by atoms with Crippen LogP contribution < -0.4 is 10.2 Å². The summed E-state index contributed by atoms with van der Waals surface area (Å²) < 4.78 is 0. The molecule has 1 aliphatic heterocycles. The minimum absolute atomic E-state index is 0.255. The van der Waals surface area contributed by atoms with Gasteiger partial charge in [-0.1, -0.05) is 67.8 Å². The van der Waals surface area contributed by atoms with E-state index in [1.165, 1.54) is 0 Å². The van der Waals surface area contributed by atoms with Crippen molar-refractivity contribution in [3.63, 3.8) is 0 Å². The molecule has 1 fully saturated rings. The minimum atomic E-state index is -1.16. The van der Waals surface area contributed by atoms with Crippen LogP contribution in [0.25, 0.3) is 0 Å². The zero-order valence-electron chi connectivity index (χ0n) is 21.7. The Bertz CT molecular complexity index is 1350. The molecule has 0 saturated heterocycles. The Kier molecular flexibility index (Phi) is 6.85. The number of amides is 4. The van der Waals surface area contributed by atoms with E-state index < -0.39 is 29.8 Å². The Morgan fingerprint density at radius 3 is 1.92 bits per heavy atom. The molecule has 0 spiro atoms. The number of anilines is 2. The molecule has 5 rings (SSSR count). The molecule has 3 aromatic carbocycles. The summed E-state index contributed by atoms with van der Waals surface area (Å²) >= 11 is 0. The molecule has 194 valence electrons. The number of imide groups is 1. The average Bonchev–Trinajstić information content (AvgIpc) is 3.17. The number of aryl methyl sites for hydroxylation is 2. The van der Waals surface area contributed by atoms with Crippen molar-refractivity contribution in [1.29, 1.82) is 0 Å². The van der Waals surface area contributed by atoms with E-state index in [4.69, 9.17) is 0 Å². The number of hydrogen-bond acceptors (Lipinski definition) is 4. The van der Waals surface area contributed by atoms with Gasteiger partial charge in [0.1, 0.15) is 12.1 Å². The van der Waals surface area contributed by atoms with Gasteiger partial charge in [-0.25, -0.2) is 0 Å². The summed E-state index contributed by atoms with van der Waals surface area (Å²) in [6.07, 6.45) is 3.49. The van der Waals surface area contributed by atoms with E-state index in [1.54, 1.807) is 41.3 Å². The van der Waals surface area contributed by atoms with Gasteiger partial charge in [-0.05, 0) is 62.1 Å². The predicted octanol–water partition coefficient (Wildman–Crippen LogP) is 5.27. The molecule has 0 unspecified atom stereocenters. The van der Waals surface area contributed by atoms with Crippen LogP contribution in [0.4, 0.5) is 11.4 Å². The maximum absolute atomic E-state index is 14.2. The molecular formula is C31H31N3O4. The van der Waals surface area contributed by atoms with Crippen molar-refractivity contribution < 1.29 is 19.2 Å². The minimum Gasteiger partial charge on any atom is -0.324 e. The number of para-hydroxylation sites is 2. The molecule has 7 nitrogen and oxygen atoms in total. The highest BCUT2D eigenvalue weighted by Crippen LogP contribution is 2.39. The lowest BCUT2D eigenvalue weighted by molar-refractivity contribution is -0.128. The smallest absolute Gasteiger partial charge is 0.262 e. The molecule has 0 radical (unpaired) electrons. The molecule has 1 heterocycles. The first-order chi connectivity index (χ1) is 18.3. The molecule has 0 atom stereocenters. The number of carbonyl (C=O) groups excluding carboxylic acids is 4. The van der Waals surface area contributed by atoms with Gasteiger partial charge < -0.3 is 5.32 Å². The normalized spacial score (nSPS) is 16.2. The first-order valence-corrected chi connectivity index (χ1v) is 13.0. The fourth-order valence-corrected chi connectivity index (χ4v) is 5.73. The maximum Gasteiger partial charge on any atom is 0.262 e. The van der Waals surface area contributed by atoms with Crippen molar-refractivity contribution in [3.05, 3.63) is 95.1 Å². The van der Waals surface area contributed by atoms with Gasteiger partial charge in [0.2, 0.25) is 5.91 Å². The number of fused-ring (bicyclic) bond motifs is 1. The predicted molar refractivity (Wildman–Crippen MR) is 146 cm³/mol. The number of carbonyl (C=O) groups is 4. The quantitative estimate of drug-likeness (QED) is 0.459. The second-order valence-electron chi connectivity index (χ2n) is 10.1. The topological polar surface area (TPSA) is 86.8 Å². The number of rotatable bonds is 6. The standard InChI is InChI=1S/C31H31N3O4/c1-21-12-11-13-22(2)27(21)32-30(38)31(18-9-4-10-19-31)34(23-14-5-3-6-15-23)26(35)20-33-28(36)24-16-7-8-17-25(24)29(33)37/h3,5-8,11-17H,4,9-10,18-20H2,1-2H3,(H,32,38). The molecule has 7 heteroatoms. The highest BCUT2D eigenvalue weighted by atomic mass is 16.2. The second-order valence-corrected chi connectivity index (χ2v) is 10.1. The average molecular weight is 510 g/mol. The van der Waals surface area contributed by atoms with Gasteiger partial charge in [-0.3, -0.25) is 29.0 Å². The van der Waals surface area contributed by atoms with E-state index in [0.717, 1.165) is 41.0 Å². The molecule has 4 amide bonds. The van der Waals surface area contributed by atoms with Gasteiger partial charge in [-0.15, -0.1) is 0 Å². The number of nitrogens with one attached hydrogen (secondary N) is 1. The third-order valence-electron chi connectivity index (χ3n) is 7.69. The van der Waals surface area contributed by atoms with E-state index in [9.17, 15) is 19.2 Å². The maximum atomic E-state index is 14.2. The van der Waals surface area contributed by atoms with Gasteiger partial charge >= 0.3 is 0 Å².